The molecule has 4 nitrogen and oxygen atoms in total. The van der Waals surface area contributed by atoms with Crippen molar-refractivity contribution in [1.82, 2.24) is 14.9 Å². The first-order valence-electron chi connectivity index (χ1n) is 7.63. The molecule has 2 fully saturated rings. The van der Waals surface area contributed by atoms with Gasteiger partial charge >= 0.3 is 0 Å². The molecule has 0 amide bonds. The molecule has 2 N–H and O–H groups in total. The Kier molecular flexibility index (Phi) is 4.00. The summed E-state index contributed by atoms with van der Waals surface area (Å²) in [7, 11) is 2.26. The predicted molar refractivity (Wildman–Crippen MR) is 84.7 cm³/mol. The standard InChI is InChI=1S/C15H23BrN4/c1-3-4-12-13(16)14(17)19-15(18-12)9-7-10-5-6-11(8-9)20(10)2/h9-11H,3-8H2,1-2H3,(H2,17,18,19). The van der Waals surface area contributed by atoms with Gasteiger partial charge in [-0.15, -0.1) is 0 Å². The van der Waals surface area contributed by atoms with Crippen LogP contribution in [-0.2, 0) is 6.42 Å². The van der Waals surface area contributed by atoms with Crippen LogP contribution < -0.4 is 5.73 Å². The number of rotatable bonds is 3. The van der Waals surface area contributed by atoms with Gasteiger partial charge in [0.05, 0.1) is 10.2 Å². The highest BCUT2D eigenvalue weighted by Gasteiger charge is 2.40. The summed E-state index contributed by atoms with van der Waals surface area (Å²) in [5, 5.41) is 0. The van der Waals surface area contributed by atoms with Crippen LogP contribution in [0.3, 0.4) is 0 Å². The number of anilines is 1. The number of piperidine rings is 1. The fourth-order valence-corrected chi connectivity index (χ4v) is 4.12. The smallest absolute Gasteiger partial charge is 0.141 e. The molecule has 1 aromatic heterocycles. The average molecular weight is 339 g/mol. The molecule has 110 valence electrons. The van der Waals surface area contributed by atoms with Crippen LogP contribution in [-0.4, -0.2) is 34.0 Å². The Labute approximate surface area is 129 Å². The molecule has 20 heavy (non-hydrogen) atoms. The quantitative estimate of drug-likeness (QED) is 0.919. The Morgan fingerprint density at radius 2 is 1.90 bits per heavy atom. The SMILES string of the molecule is CCCc1nc(C2CC3CCC(C2)N3C)nc(N)c1Br. The van der Waals surface area contributed by atoms with E-state index in [4.69, 9.17) is 10.7 Å². The van der Waals surface area contributed by atoms with Crippen LogP contribution in [0.25, 0.3) is 0 Å². The molecule has 2 unspecified atom stereocenters. The summed E-state index contributed by atoms with van der Waals surface area (Å²) in [5.41, 5.74) is 7.13. The second-order valence-electron chi connectivity index (χ2n) is 6.20. The van der Waals surface area contributed by atoms with Crippen molar-refractivity contribution in [1.29, 1.82) is 0 Å². The Hall–Kier alpha value is -0.680. The van der Waals surface area contributed by atoms with Gasteiger partial charge in [-0.2, -0.15) is 0 Å². The van der Waals surface area contributed by atoms with Gasteiger partial charge in [-0.1, -0.05) is 13.3 Å². The van der Waals surface area contributed by atoms with E-state index in [1.807, 2.05) is 0 Å². The number of aryl methyl sites for hydroxylation is 1. The highest BCUT2D eigenvalue weighted by Crippen LogP contribution is 2.41. The van der Waals surface area contributed by atoms with E-state index < -0.39 is 0 Å². The molecule has 2 saturated heterocycles. The first-order chi connectivity index (χ1) is 9.60. The normalized spacial score (nSPS) is 29.9. The minimum atomic E-state index is 0.481. The van der Waals surface area contributed by atoms with E-state index in [2.05, 4.69) is 39.8 Å². The van der Waals surface area contributed by atoms with E-state index in [-0.39, 0.29) is 0 Å². The number of fused-ring (bicyclic) bond motifs is 2. The maximum atomic E-state index is 6.06. The van der Waals surface area contributed by atoms with Crippen molar-refractivity contribution < 1.29 is 0 Å². The molecule has 0 spiro atoms. The van der Waals surface area contributed by atoms with Gasteiger partial charge < -0.3 is 10.6 Å². The lowest BCUT2D eigenvalue weighted by molar-refractivity contribution is 0.159. The molecular formula is C15H23BrN4. The van der Waals surface area contributed by atoms with Gasteiger partial charge in [-0.05, 0) is 55.1 Å². The summed E-state index contributed by atoms with van der Waals surface area (Å²) in [6.07, 6.45) is 7.04. The third-order valence-corrected chi connectivity index (χ3v) is 5.78. The second-order valence-corrected chi connectivity index (χ2v) is 6.99. The number of nitrogens with zero attached hydrogens (tertiary/aromatic N) is 3. The lowest BCUT2D eigenvalue weighted by Gasteiger charge is -2.35. The molecule has 0 aromatic carbocycles. The zero-order chi connectivity index (χ0) is 14.3. The fourth-order valence-electron chi connectivity index (χ4n) is 3.74. The molecule has 1 aromatic rings. The topological polar surface area (TPSA) is 55.0 Å². The van der Waals surface area contributed by atoms with Crippen molar-refractivity contribution >= 4 is 21.7 Å². The third kappa shape index (κ3) is 2.46. The van der Waals surface area contributed by atoms with Crippen LogP contribution >= 0.6 is 15.9 Å². The van der Waals surface area contributed by atoms with Crippen molar-refractivity contribution in [2.75, 3.05) is 12.8 Å². The van der Waals surface area contributed by atoms with Gasteiger partial charge in [0, 0.05) is 18.0 Å². The van der Waals surface area contributed by atoms with Crippen molar-refractivity contribution in [3.8, 4) is 0 Å². The third-order valence-electron chi connectivity index (χ3n) is 4.91. The molecule has 2 atom stereocenters. The first-order valence-corrected chi connectivity index (χ1v) is 8.43. The van der Waals surface area contributed by atoms with E-state index >= 15 is 0 Å². The van der Waals surface area contributed by atoms with E-state index in [0.29, 0.717) is 23.8 Å². The summed E-state index contributed by atoms with van der Waals surface area (Å²) in [5.74, 6) is 2.05. The molecule has 0 aliphatic carbocycles. The molecule has 2 aliphatic heterocycles. The summed E-state index contributed by atoms with van der Waals surface area (Å²) in [6, 6.07) is 1.42. The highest BCUT2D eigenvalue weighted by molar-refractivity contribution is 9.10. The van der Waals surface area contributed by atoms with Crippen molar-refractivity contribution in [3.05, 3.63) is 16.0 Å². The highest BCUT2D eigenvalue weighted by atomic mass is 79.9. The molecule has 3 rings (SSSR count). The van der Waals surface area contributed by atoms with Crippen LogP contribution in [0.4, 0.5) is 5.82 Å². The van der Waals surface area contributed by atoms with Crippen LogP contribution in [0, 0.1) is 0 Å². The van der Waals surface area contributed by atoms with Crippen molar-refractivity contribution in [3.63, 3.8) is 0 Å². The Morgan fingerprint density at radius 3 is 2.50 bits per heavy atom. The summed E-state index contributed by atoms with van der Waals surface area (Å²) in [4.78, 5) is 11.9. The Morgan fingerprint density at radius 1 is 1.25 bits per heavy atom. The first kappa shape index (κ1) is 14.3. The summed E-state index contributed by atoms with van der Waals surface area (Å²) in [6.45, 7) is 2.17. The van der Waals surface area contributed by atoms with Crippen molar-refractivity contribution in [2.45, 2.75) is 63.5 Å². The Balaban J connectivity index is 1.87. The molecule has 3 heterocycles. The van der Waals surface area contributed by atoms with E-state index in [1.54, 1.807) is 0 Å². The van der Waals surface area contributed by atoms with Gasteiger partial charge in [-0.3, -0.25) is 0 Å². The predicted octanol–water partition coefficient (Wildman–Crippen LogP) is 3.11. The van der Waals surface area contributed by atoms with Gasteiger partial charge in [0.1, 0.15) is 11.6 Å². The number of nitrogens with two attached hydrogens (primary N) is 1. The van der Waals surface area contributed by atoms with Crippen LogP contribution in [0.2, 0.25) is 0 Å². The van der Waals surface area contributed by atoms with E-state index in [0.717, 1.165) is 28.8 Å². The number of hydrogen-bond acceptors (Lipinski definition) is 4. The van der Waals surface area contributed by atoms with Crippen molar-refractivity contribution in [2.24, 2.45) is 0 Å². The largest absolute Gasteiger partial charge is 0.383 e. The minimum absolute atomic E-state index is 0.481. The lowest BCUT2D eigenvalue weighted by atomic mass is 9.90. The van der Waals surface area contributed by atoms with Crippen LogP contribution in [0.15, 0.2) is 4.47 Å². The number of hydrogen-bond donors (Lipinski definition) is 1. The lowest BCUT2D eigenvalue weighted by Crippen LogP contribution is -2.39. The van der Waals surface area contributed by atoms with Crippen LogP contribution in [0.1, 0.15) is 56.5 Å². The fraction of sp³-hybridized carbons (Fsp3) is 0.733. The van der Waals surface area contributed by atoms with E-state index in [9.17, 15) is 0 Å². The van der Waals surface area contributed by atoms with Gasteiger partial charge in [0.2, 0.25) is 0 Å². The maximum Gasteiger partial charge on any atom is 0.141 e. The second kappa shape index (κ2) is 5.60. The van der Waals surface area contributed by atoms with Gasteiger partial charge in [0.15, 0.2) is 0 Å². The summed E-state index contributed by atoms with van der Waals surface area (Å²) >= 11 is 3.53. The van der Waals surface area contributed by atoms with Crippen LogP contribution in [0.5, 0.6) is 0 Å². The molecule has 2 aliphatic rings. The number of halogens is 1. The van der Waals surface area contributed by atoms with Gasteiger partial charge in [-0.25, -0.2) is 9.97 Å². The Bertz CT molecular complexity index is 491. The van der Waals surface area contributed by atoms with E-state index in [1.165, 1.54) is 25.7 Å². The zero-order valence-electron chi connectivity index (χ0n) is 12.3. The monoisotopic (exact) mass is 338 g/mol. The average Bonchev–Trinajstić information content (AvgIpc) is 2.66. The maximum absolute atomic E-state index is 6.06. The number of nitrogen functional groups attached to an aromatic ring is 1. The molecule has 2 bridgehead atoms. The van der Waals surface area contributed by atoms with Gasteiger partial charge in [0.25, 0.3) is 0 Å². The number of aromatic nitrogens is 2. The molecular weight excluding hydrogens is 316 g/mol. The molecule has 0 radical (unpaired) electrons. The molecule has 5 heteroatoms. The summed E-state index contributed by atoms with van der Waals surface area (Å²) < 4.78 is 0.888. The molecule has 0 saturated carbocycles. The minimum Gasteiger partial charge on any atom is -0.383 e. The zero-order valence-corrected chi connectivity index (χ0v) is 13.9.